The minimum atomic E-state index is -0.795. The summed E-state index contributed by atoms with van der Waals surface area (Å²) in [4.78, 5) is 28.0. The number of carbonyl (C=O) groups excluding carboxylic acids is 2. The van der Waals surface area contributed by atoms with Gasteiger partial charge in [0.2, 0.25) is 0 Å². The highest BCUT2D eigenvalue weighted by Gasteiger charge is 2.46. The number of amides is 1. The Morgan fingerprint density at radius 2 is 1.80 bits per heavy atom. The van der Waals surface area contributed by atoms with Crippen LogP contribution in [-0.4, -0.2) is 34.3 Å². The molecule has 5 nitrogen and oxygen atoms in total. The van der Waals surface area contributed by atoms with Gasteiger partial charge in [0.05, 0.1) is 21.7 Å². The van der Waals surface area contributed by atoms with E-state index in [2.05, 4.69) is 0 Å². The first-order chi connectivity index (χ1) is 16.8. The zero-order valence-electron chi connectivity index (χ0n) is 19.0. The first kappa shape index (κ1) is 23.5. The number of likely N-dealkylation sites (tertiary alicyclic amines) is 1. The second-order valence-electron chi connectivity index (χ2n) is 8.86. The standard InChI is InChI=1S/C28H23Cl2NO4/c1-16-13-20-14-19(8-10-23(20)35-16)26(32)24-25(18-7-9-21(29)22(30)15-18)31(28(34)27(24)33)12-11-17-5-3-2-4-6-17/h2-10,14-16,25,32H,11-13H2,1H3/b26-24+/t16-,25+/m1/s1. The van der Waals surface area contributed by atoms with Crippen molar-refractivity contribution in [1.82, 2.24) is 4.90 Å². The van der Waals surface area contributed by atoms with E-state index in [9.17, 15) is 14.7 Å². The summed E-state index contributed by atoms with van der Waals surface area (Å²) >= 11 is 12.4. The van der Waals surface area contributed by atoms with Crippen LogP contribution in [0.2, 0.25) is 10.0 Å². The van der Waals surface area contributed by atoms with Crippen LogP contribution in [0.4, 0.5) is 0 Å². The van der Waals surface area contributed by atoms with Crippen molar-refractivity contribution in [3.63, 3.8) is 0 Å². The summed E-state index contributed by atoms with van der Waals surface area (Å²) in [6, 6.07) is 19.2. The number of halogens is 2. The lowest BCUT2D eigenvalue weighted by molar-refractivity contribution is -0.139. The molecule has 0 radical (unpaired) electrons. The number of rotatable bonds is 5. The van der Waals surface area contributed by atoms with Gasteiger partial charge < -0.3 is 14.7 Å². The molecule has 2 atom stereocenters. The fourth-order valence-corrected chi connectivity index (χ4v) is 5.07. The van der Waals surface area contributed by atoms with E-state index in [4.69, 9.17) is 27.9 Å². The van der Waals surface area contributed by atoms with Gasteiger partial charge in [-0.05, 0) is 60.4 Å². The summed E-state index contributed by atoms with van der Waals surface area (Å²) in [6.07, 6.45) is 1.31. The van der Waals surface area contributed by atoms with Crippen molar-refractivity contribution in [2.75, 3.05) is 6.54 Å². The van der Waals surface area contributed by atoms with Crippen LogP contribution in [0, 0.1) is 0 Å². The first-order valence-electron chi connectivity index (χ1n) is 11.4. The lowest BCUT2D eigenvalue weighted by atomic mass is 9.94. The number of fused-ring (bicyclic) bond motifs is 1. The summed E-state index contributed by atoms with van der Waals surface area (Å²) in [7, 11) is 0. The lowest BCUT2D eigenvalue weighted by Crippen LogP contribution is -2.31. The van der Waals surface area contributed by atoms with Crippen molar-refractivity contribution >= 4 is 40.7 Å². The quantitative estimate of drug-likeness (QED) is 0.262. The van der Waals surface area contributed by atoms with Crippen LogP contribution in [0.1, 0.15) is 35.2 Å². The molecule has 1 fully saturated rings. The summed E-state index contributed by atoms with van der Waals surface area (Å²) in [5.41, 5.74) is 3.09. The van der Waals surface area contributed by atoms with Gasteiger partial charge in [0.1, 0.15) is 17.6 Å². The number of aliphatic hydroxyl groups excluding tert-OH is 1. The fraction of sp³-hybridized carbons (Fsp3) is 0.214. The van der Waals surface area contributed by atoms with E-state index in [-0.39, 0.29) is 17.4 Å². The number of carbonyl (C=O) groups is 2. The van der Waals surface area contributed by atoms with E-state index < -0.39 is 17.7 Å². The second-order valence-corrected chi connectivity index (χ2v) is 9.67. The van der Waals surface area contributed by atoms with Crippen molar-refractivity contribution in [3.05, 3.63) is 105 Å². The Morgan fingerprint density at radius 1 is 1.03 bits per heavy atom. The Bertz CT molecular complexity index is 1350. The van der Waals surface area contributed by atoms with E-state index >= 15 is 0 Å². The van der Waals surface area contributed by atoms with E-state index in [0.717, 1.165) is 16.9 Å². The monoisotopic (exact) mass is 507 g/mol. The molecule has 2 heterocycles. The third-order valence-electron chi connectivity index (χ3n) is 6.45. The van der Waals surface area contributed by atoms with Gasteiger partial charge in [-0.2, -0.15) is 0 Å². The van der Waals surface area contributed by atoms with E-state index in [0.29, 0.717) is 40.6 Å². The molecule has 1 amide bonds. The highest BCUT2D eigenvalue weighted by molar-refractivity contribution is 6.46. The topological polar surface area (TPSA) is 66.8 Å². The minimum Gasteiger partial charge on any atom is -0.507 e. The molecule has 7 heteroatoms. The Morgan fingerprint density at radius 3 is 2.54 bits per heavy atom. The van der Waals surface area contributed by atoms with Gasteiger partial charge in [0.25, 0.3) is 11.7 Å². The fourth-order valence-electron chi connectivity index (χ4n) is 4.76. The highest BCUT2D eigenvalue weighted by Crippen LogP contribution is 2.42. The Kier molecular flexibility index (Phi) is 6.30. The maximum absolute atomic E-state index is 13.3. The van der Waals surface area contributed by atoms with Crippen LogP contribution in [0.15, 0.2) is 72.3 Å². The molecule has 2 aliphatic rings. The number of ketones is 1. The smallest absolute Gasteiger partial charge is 0.295 e. The number of ether oxygens (including phenoxy) is 1. The number of hydrogen-bond acceptors (Lipinski definition) is 4. The van der Waals surface area contributed by atoms with Crippen LogP contribution < -0.4 is 4.74 Å². The van der Waals surface area contributed by atoms with Gasteiger partial charge in [-0.25, -0.2) is 0 Å². The maximum atomic E-state index is 13.3. The molecule has 0 aliphatic carbocycles. The van der Waals surface area contributed by atoms with Crippen LogP contribution in [-0.2, 0) is 22.4 Å². The lowest BCUT2D eigenvalue weighted by Gasteiger charge is -2.25. The molecular formula is C28H23Cl2NO4. The number of hydrogen-bond donors (Lipinski definition) is 1. The third-order valence-corrected chi connectivity index (χ3v) is 7.19. The number of benzene rings is 3. The molecule has 35 heavy (non-hydrogen) atoms. The Balaban J connectivity index is 1.59. The molecule has 5 rings (SSSR count). The van der Waals surface area contributed by atoms with Gasteiger partial charge in [0.15, 0.2) is 0 Å². The van der Waals surface area contributed by atoms with Gasteiger partial charge in [-0.1, -0.05) is 59.6 Å². The Labute approximate surface area is 213 Å². The van der Waals surface area contributed by atoms with E-state index in [1.165, 1.54) is 4.90 Å². The Hall–Kier alpha value is -3.28. The van der Waals surface area contributed by atoms with Gasteiger partial charge >= 0.3 is 0 Å². The van der Waals surface area contributed by atoms with Crippen molar-refractivity contribution < 1.29 is 19.4 Å². The number of aliphatic hydroxyl groups is 1. The van der Waals surface area contributed by atoms with Crippen molar-refractivity contribution in [2.45, 2.75) is 31.9 Å². The maximum Gasteiger partial charge on any atom is 0.295 e. The molecule has 1 N–H and O–H groups in total. The molecule has 3 aromatic rings. The molecular weight excluding hydrogens is 485 g/mol. The molecule has 2 aliphatic heterocycles. The molecule has 0 spiro atoms. The normalized spacial score (nSPS) is 20.7. The minimum absolute atomic E-state index is 0.0355. The van der Waals surface area contributed by atoms with Gasteiger partial charge in [-0.15, -0.1) is 0 Å². The van der Waals surface area contributed by atoms with Crippen LogP contribution in [0.25, 0.3) is 5.76 Å². The van der Waals surface area contributed by atoms with Crippen LogP contribution >= 0.6 is 23.2 Å². The number of Topliss-reactive ketones (excluding diaryl/α,β-unsaturated/α-hetero) is 1. The summed E-state index contributed by atoms with van der Waals surface area (Å²) in [5.74, 6) is -0.837. The van der Waals surface area contributed by atoms with Crippen LogP contribution in [0.5, 0.6) is 5.75 Å². The molecule has 0 unspecified atom stereocenters. The van der Waals surface area contributed by atoms with Gasteiger partial charge in [-0.3, -0.25) is 9.59 Å². The SMILES string of the molecule is C[C@@H]1Cc2cc(/C(O)=C3\C(=O)C(=O)N(CCc4ccccc4)[C@H]3c3ccc(Cl)c(Cl)c3)ccc2O1. The van der Waals surface area contributed by atoms with Crippen LogP contribution in [0.3, 0.4) is 0 Å². The van der Waals surface area contributed by atoms with Crippen molar-refractivity contribution in [1.29, 1.82) is 0 Å². The molecule has 178 valence electrons. The van der Waals surface area contributed by atoms with E-state index in [1.807, 2.05) is 43.3 Å². The third kappa shape index (κ3) is 4.42. The van der Waals surface area contributed by atoms with Crippen molar-refractivity contribution in [2.24, 2.45) is 0 Å². The summed E-state index contributed by atoms with van der Waals surface area (Å²) in [6.45, 7) is 2.27. The zero-order valence-corrected chi connectivity index (χ0v) is 20.5. The van der Waals surface area contributed by atoms with Crippen molar-refractivity contribution in [3.8, 4) is 5.75 Å². The summed E-state index contributed by atoms with van der Waals surface area (Å²) < 4.78 is 5.76. The predicted molar refractivity (Wildman–Crippen MR) is 136 cm³/mol. The van der Waals surface area contributed by atoms with E-state index in [1.54, 1.807) is 30.3 Å². The first-order valence-corrected chi connectivity index (χ1v) is 12.2. The summed E-state index contributed by atoms with van der Waals surface area (Å²) in [5, 5.41) is 12.0. The molecule has 0 saturated carbocycles. The highest BCUT2D eigenvalue weighted by atomic mass is 35.5. The second kappa shape index (κ2) is 9.40. The molecule has 1 saturated heterocycles. The molecule has 0 bridgehead atoms. The predicted octanol–water partition coefficient (Wildman–Crippen LogP) is 5.98. The average molecular weight is 508 g/mol. The average Bonchev–Trinajstić information content (AvgIpc) is 3.35. The van der Waals surface area contributed by atoms with Gasteiger partial charge in [0, 0.05) is 18.5 Å². The largest absolute Gasteiger partial charge is 0.507 e. The molecule has 3 aromatic carbocycles. The number of nitrogens with zero attached hydrogens (tertiary/aromatic N) is 1. The zero-order chi connectivity index (χ0) is 24.7. The molecule has 0 aromatic heterocycles.